The van der Waals surface area contributed by atoms with Crippen LogP contribution in [0.2, 0.25) is 5.02 Å². The molecule has 0 amide bonds. The molecule has 0 aliphatic rings. The number of anilines is 1. The molecule has 0 heterocycles. The van der Waals surface area contributed by atoms with Gasteiger partial charge in [-0.25, -0.2) is 8.42 Å². The molecule has 0 unspecified atom stereocenters. The summed E-state index contributed by atoms with van der Waals surface area (Å²) in [7, 11) is -3.44. The summed E-state index contributed by atoms with van der Waals surface area (Å²) < 4.78 is 25.5. The molecule has 1 aromatic carbocycles. The standard InChI is InChI=1S/C10H12ClN3O2S/c11-9-6-8(7-13)2-3-10(9)14-17(15,16)5-1-4-12/h2-3,6,14H,1,4-5,12H2. The van der Waals surface area contributed by atoms with Crippen molar-refractivity contribution in [3.05, 3.63) is 28.8 Å². The van der Waals surface area contributed by atoms with Crippen molar-refractivity contribution in [3.63, 3.8) is 0 Å². The average Bonchev–Trinajstić information content (AvgIpc) is 2.29. The van der Waals surface area contributed by atoms with E-state index in [-0.39, 0.29) is 16.5 Å². The maximum Gasteiger partial charge on any atom is 0.232 e. The number of nitrogens with one attached hydrogen (secondary N) is 1. The number of nitriles is 1. The largest absolute Gasteiger partial charge is 0.330 e. The number of hydrogen-bond acceptors (Lipinski definition) is 4. The Kier molecular flexibility index (Phi) is 4.75. The summed E-state index contributed by atoms with van der Waals surface area (Å²) in [5.41, 5.74) is 5.88. The van der Waals surface area contributed by atoms with E-state index in [2.05, 4.69) is 4.72 Å². The second-order valence-electron chi connectivity index (χ2n) is 3.37. The Hall–Kier alpha value is -1.29. The summed E-state index contributed by atoms with van der Waals surface area (Å²) in [4.78, 5) is 0. The van der Waals surface area contributed by atoms with Crippen LogP contribution in [0.3, 0.4) is 0 Å². The summed E-state index contributed by atoms with van der Waals surface area (Å²) in [6, 6.07) is 6.27. The number of halogens is 1. The zero-order valence-electron chi connectivity index (χ0n) is 8.98. The maximum absolute atomic E-state index is 11.6. The highest BCUT2D eigenvalue weighted by atomic mass is 35.5. The minimum atomic E-state index is -3.44. The van der Waals surface area contributed by atoms with E-state index in [1.54, 1.807) is 0 Å². The van der Waals surface area contributed by atoms with Gasteiger partial charge in [0.15, 0.2) is 0 Å². The predicted molar refractivity (Wildman–Crippen MR) is 67.2 cm³/mol. The van der Waals surface area contributed by atoms with Gasteiger partial charge >= 0.3 is 0 Å². The van der Waals surface area contributed by atoms with Crippen LogP contribution in [0.15, 0.2) is 18.2 Å². The first-order chi connectivity index (χ1) is 7.98. The lowest BCUT2D eigenvalue weighted by atomic mass is 10.2. The number of benzene rings is 1. The van der Waals surface area contributed by atoms with Crippen molar-refractivity contribution in [1.29, 1.82) is 5.26 Å². The molecule has 3 N–H and O–H groups in total. The third kappa shape index (κ3) is 4.23. The van der Waals surface area contributed by atoms with E-state index < -0.39 is 10.0 Å². The Balaban J connectivity index is 2.86. The van der Waals surface area contributed by atoms with Crippen LogP contribution in [0.25, 0.3) is 0 Å². The molecular weight excluding hydrogens is 262 g/mol. The topological polar surface area (TPSA) is 96.0 Å². The lowest BCUT2D eigenvalue weighted by molar-refractivity contribution is 0.599. The van der Waals surface area contributed by atoms with Gasteiger partial charge in [0.25, 0.3) is 0 Å². The van der Waals surface area contributed by atoms with Crippen LogP contribution in [0.5, 0.6) is 0 Å². The van der Waals surface area contributed by atoms with Crippen molar-refractivity contribution < 1.29 is 8.42 Å². The maximum atomic E-state index is 11.6. The fraction of sp³-hybridized carbons (Fsp3) is 0.300. The molecule has 0 radical (unpaired) electrons. The lowest BCUT2D eigenvalue weighted by Crippen LogP contribution is -2.19. The SMILES string of the molecule is N#Cc1ccc(NS(=O)(=O)CCCN)c(Cl)c1. The molecule has 0 aliphatic heterocycles. The minimum absolute atomic E-state index is 0.0557. The van der Waals surface area contributed by atoms with Gasteiger partial charge in [0.05, 0.1) is 28.1 Å². The minimum Gasteiger partial charge on any atom is -0.330 e. The summed E-state index contributed by atoms with van der Waals surface area (Å²) >= 11 is 5.85. The zero-order chi connectivity index (χ0) is 12.9. The molecule has 1 aromatic rings. The van der Waals surface area contributed by atoms with Crippen LogP contribution in [-0.4, -0.2) is 20.7 Å². The normalized spacial score (nSPS) is 10.9. The Bertz CT molecular complexity index is 537. The first-order valence-corrected chi connectivity index (χ1v) is 6.92. The number of sulfonamides is 1. The molecule has 92 valence electrons. The summed E-state index contributed by atoms with van der Waals surface area (Å²) in [6.45, 7) is 0.308. The molecule has 0 bridgehead atoms. The van der Waals surface area contributed by atoms with Crippen LogP contribution in [-0.2, 0) is 10.0 Å². The molecule has 0 spiro atoms. The molecule has 0 aromatic heterocycles. The van der Waals surface area contributed by atoms with Crippen LogP contribution in [0, 0.1) is 11.3 Å². The van der Waals surface area contributed by atoms with Gasteiger partial charge in [-0.15, -0.1) is 0 Å². The number of nitrogens with two attached hydrogens (primary N) is 1. The predicted octanol–water partition coefficient (Wildman–Crippen LogP) is 1.30. The van der Waals surface area contributed by atoms with E-state index >= 15 is 0 Å². The highest BCUT2D eigenvalue weighted by Gasteiger charge is 2.12. The van der Waals surface area contributed by atoms with Gasteiger partial charge in [-0.3, -0.25) is 4.72 Å². The molecule has 5 nitrogen and oxygen atoms in total. The van der Waals surface area contributed by atoms with Crippen molar-refractivity contribution >= 4 is 27.3 Å². The summed E-state index contributed by atoms with van der Waals surface area (Å²) in [5.74, 6) is -0.0557. The average molecular weight is 274 g/mol. The lowest BCUT2D eigenvalue weighted by Gasteiger charge is -2.09. The van der Waals surface area contributed by atoms with Crippen LogP contribution < -0.4 is 10.5 Å². The Morgan fingerprint density at radius 1 is 1.47 bits per heavy atom. The van der Waals surface area contributed by atoms with Crippen molar-refractivity contribution in [2.45, 2.75) is 6.42 Å². The molecule has 1 rings (SSSR count). The van der Waals surface area contributed by atoms with E-state index in [1.165, 1.54) is 18.2 Å². The van der Waals surface area contributed by atoms with Gasteiger partial charge in [0.1, 0.15) is 0 Å². The van der Waals surface area contributed by atoms with Gasteiger partial charge in [-0.1, -0.05) is 11.6 Å². The highest BCUT2D eigenvalue weighted by molar-refractivity contribution is 7.92. The molecule has 7 heteroatoms. The van der Waals surface area contributed by atoms with E-state index in [0.29, 0.717) is 18.5 Å². The zero-order valence-corrected chi connectivity index (χ0v) is 10.6. The monoisotopic (exact) mass is 273 g/mol. The first-order valence-electron chi connectivity index (χ1n) is 4.89. The van der Waals surface area contributed by atoms with Gasteiger partial charge in [-0.2, -0.15) is 5.26 Å². The molecule has 0 atom stereocenters. The van der Waals surface area contributed by atoms with Gasteiger partial charge in [0, 0.05) is 0 Å². The van der Waals surface area contributed by atoms with Crippen molar-refractivity contribution in [2.24, 2.45) is 5.73 Å². The summed E-state index contributed by atoms with van der Waals surface area (Å²) in [5, 5.41) is 8.84. The third-order valence-corrected chi connectivity index (χ3v) is 3.65. The molecule has 0 saturated heterocycles. The highest BCUT2D eigenvalue weighted by Crippen LogP contribution is 2.23. The van der Waals surface area contributed by atoms with Gasteiger partial charge in [-0.05, 0) is 31.2 Å². The van der Waals surface area contributed by atoms with Crippen LogP contribution >= 0.6 is 11.6 Å². The molecule has 17 heavy (non-hydrogen) atoms. The number of hydrogen-bond donors (Lipinski definition) is 2. The smallest absolute Gasteiger partial charge is 0.232 e. The van der Waals surface area contributed by atoms with Gasteiger partial charge in [0.2, 0.25) is 10.0 Å². The Morgan fingerprint density at radius 3 is 2.71 bits per heavy atom. The van der Waals surface area contributed by atoms with Crippen LogP contribution in [0.1, 0.15) is 12.0 Å². The van der Waals surface area contributed by atoms with E-state index in [1.807, 2.05) is 6.07 Å². The first kappa shape index (κ1) is 13.8. The molecule has 0 fully saturated rings. The molecule has 0 saturated carbocycles. The quantitative estimate of drug-likeness (QED) is 0.845. The van der Waals surface area contributed by atoms with Crippen LogP contribution in [0.4, 0.5) is 5.69 Å². The second-order valence-corrected chi connectivity index (χ2v) is 5.62. The molecule has 0 aliphatic carbocycles. The molecular formula is C10H12ClN3O2S. The summed E-state index contributed by atoms with van der Waals surface area (Å²) in [6.07, 6.45) is 0.378. The van der Waals surface area contributed by atoms with Crippen molar-refractivity contribution in [3.8, 4) is 6.07 Å². The second kappa shape index (κ2) is 5.87. The van der Waals surface area contributed by atoms with Crippen molar-refractivity contribution in [2.75, 3.05) is 17.0 Å². The van der Waals surface area contributed by atoms with E-state index in [4.69, 9.17) is 22.6 Å². The van der Waals surface area contributed by atoms with E-state index in [0.717, 1.165) is 0 Å². The Morgan fingerprint density at radius 2 is 2.18 bits per heavy atom. The fourth-order valence-electron chi connectivity index (χ4n) is 1.16. The number of rotatable bonds is 5. The number of nitrogens with zero attached hydrogens (tertiary/aromatic N) is 1. The van der Waals surface area contributed by atoms with E-state index in [9.17, 15) is 8.42 Å². The van der Waals surface area contributed by atoms with Gasteiger partial charge < -0.3 is 5.73 Å². The Labute approximate surface area is 105 Å². The fourth-order valence-corrected chi connectivity index (χ4v) is 2.60. The van der Waals surface area contributed by atoms with Crippen molar-refractivity contribution in [1.82, 2.24) is 0 Å². The third-order valence-electron chi connectivity index (χ3n) is 1.98.